The van der Waals surface area contributed by atoms with E-state index in [-0.39, 0.29) is 0 Å². The summed E-state index contributed by atoms with van der Waals surface area (Å²) in [5.74, 6) is 0. The van der Waals surface area contributed by atoms with Crippen molar-refractivity contribution in [2.24, 2.45) is 0 Å². The highest BCUT2D eigenvalue weighted by Crippen LogP contribution is 1.81. The Bertz CT molecular complexity index is 97.7. The number of unbranched alkanes of at least 4 members (excludes halogenated alkanes) is 1. The highest BCUT2D eigenvalue weighted by molar-refractivity contribution is 7.80. The lowest BCUT2D eigenvalue weighted by Gasteiger charge is -2.06. The molecule has 0 aromatic heterocycles. The monoisotopic (exact) mass is 162 g/mol. The number of hydrogen-bond acceptors (Lipinski definition) is 2. The predicted molar refractivity (Wildman–Crippen MR) is 45.7 cm³/mol. The van der Waals surface area contributed by atoms with E-state index in [2.05, 4.69) is 22.6 Å². The Morgan fingerprint density at radius 2 is 2.30 bits per heavy atom. The van der Waals surface area contributed by atoms with Crippen LogP contribution in [-0.4, -0.2) is 18.8 Å². The SMILES string of the molecule is CCCCNC(=S)NOC. The molecule has 3 nitrogen and oxygen atoms in total. The first-order valence-electron chi connectivity index (χ1n) is 3.38. The van der Waals surface area contributed by atoms with E-state index in [9.17, 15) is 0 Å². The molecule has 0 atom stereocenters. The summed E-state index contributed by atoms with van der Waals surface area (Å²) in [5.41, 5.74) is 2.52. The van der Waals surface area contributed by atoms with Crippen molar-refractivity contribution >= 4 is 17.3 Å². The van der Waals surface area contributed by atoms with Crippen LogP contribution >= 0.6 is 12.2 Å². The van der Waals surface area contributed by atoms with Gasteiger partial charge in [0.25, 0.3) is 0 Å². The van der Waals surface area contributed by atoms with Gasteiger partial charge in [-0.25, -0.2) is 5.48 Å². The molecule has 0 saturated heterocycles. The molecule has 0 aliphatic rings. The molecule has 0 radical (unpaired) electrons. The summed E-state index contributed by atoms with van der Waals surface area (Å²) in [6.45, 7) is 3.04. The molecule has 0 amide bonds. The second-order valence-electron chi connectivity index (χ2n) is 1.92. The molecule has 60 valence electrons. The van der Waals surface area contributed by atoms with Gasteiger partial charge in [0.2, 0.25) is 0 Å². The van der Waals surface area contributed by atoms with Gasteiger partial charge >= 0.3 is 0 Å². The van der Waals surface area contributed by atoms with E-state index in [4.69, 9.17) is 12.2 Å². The van der Waals surface area contributed by atoms with Crippen molar-refractivity contribution in [3.8, 4) is 0 Å². The quantitative estimate of drug-likeness (QED) is 0.364. The van der Waals surface area contributed by atoms with E-state index in [1.54, 1.807) is 0 Å². The fourth-order valence-electron chi connectivity index (χ4n) is 0.507. The van der Waals surface area contributed by atoms with Gasteiger partial charge in [0.1, 0.15) is 0 Å². The smallest absolute Gasteiger partial charge is 0.190 e. The summed E-state index contributed by atoms with van der Waals surface area (Å²) in [4.78, 5) is 4.58. The first kappa shape index (κ1) is 9.65. The molecule has 0 aliphatic carbocycles. The van der Waals surface area contributed by atoms with Crippen LogP contribution in [0.1, 0.15) is 19.8 Å². The molecule has 0 aromatic rings. The average Bonchev–Trinajstić information content (AvgIpc) is 1.89. The van der Waals surface area contributed by atoms with Crippen molar-refractivity contribution in [1.29, 1.82) is 0 Å². The summed E-state index contributed by atoms with van der Waals surface area (Å²) < 4.78 is 0. The molecular formula is C6H14N2OS. The van der Waals surface area contributed by atoms with Gasteiger partial charge in [0.05, 0.1) is 7.11 Å². The Kier molecular flexibility index (Phi) is 6.53. The molecule has 0 rings (SSSR count). The van der Waals surface area contributed by atoms with E-state index in [0.29, 0.717) is 5.11 Å². The highest BCUT2D eigenvalue weighted by atomic mass is 32.1. The zero-order valence-electron chi connectivity index (χ0n) is 6.44. The summed E-state index contributed by atoms with van der Waals surface area (Å²) in [6.07, 6.45) is 2.30. The van der Waals surface area contributed by atoms with Crippen LogP contribution < -0.4 is 10.8 Å². The summed E-state index contributed by atoms with van der Waals surface area (Å²) in [5, 5.41) is 3.53. The average molecular weight is 162 g/mol. The normalized spacial score (nSPS) is 9.00. The summed E-state index contributed by atoms with van der Waals surface area (Å²) >= 11 is 4.82. The van der Waals surface area contributed by atoms with Crippen LogP contribution in [0.5, 0.6) is 0 Å². The van der Waals surface area contributed by atoms with Gasteiger partial charge in [0, 0.05) is 6.54 Å². The molecule has 0 aliphatic heterocycles. The van der Waals surface area contributed by atoms with Crippen molar-refractivity contribution in [2.45, 2.75) is 19.8 Å². The van der Waals surface area contributed by atoms with Crippen molar-refractivity contribution in [3.05, 3.63) is 0 Å². The van der Waals surface area contributed by atoms with E-state index in [1.807, 2.05) is 0 Å². The number of thiocarbonyl (C=S) groups is 1. The minimum absolute atomic E-state index is 0.552. The fraction of sp³-hybridized carbons (Fsp3) is 0.833. The maximum atomic E-state index is 4.82. The van der Waals surface area contributed by atoms with Crippen LogP contribution in [0, 0.1) is 0 Å². The van der Waals surface area contributed by atoms with Crippen LogP contribution in [0.25, 0.3) is 0 Å². The summed E-state index contributed by atoms with van der Waals surface area (Å²) in [6, 6.07) is 0. The largest absolute Gasteiger partial charge is 0.361 e. The van der Waals surface area contributed by atoms with Crippen molar-refractivity contribution in [1.82, 2.24) is 10.8 Å². The van der Waals surface area contributed by atoms with E-state index < -0.39 is 0 Å². The lowest BCUT2D eigenvalue weighted by Crippen LogP contribution is -2.34. The minimum atomic E-state index is 0.552. The topological polar surface area (TPSA) is 33.3 Å². The number of hydroxylamine groups is 1. The molecule has 4 heteroatoms. The predicted octanol–water partition coefficient (Wildman–Crippen LogP) is 0.812. The maximum absolute atomic E-state index is 4.82. The molecule has 0 aromatic carbocycles. The number of nitrogens with one attached hydrogen (secondary N) is 2. The highest BCUT2D eigenvalue weighted by Gasteiger charge is 1.89. The first-order valence-corrected chi connectivity index (χ1v) is 3.79. The van der Waals surface area contributed by atoms with E-state index in [0.717, 1.165) is 13.0 Å². The maximum Gasteiger partial charge on any atom is 0.190 e. The second kappa shape index (κ2) is 6.77. The van der Waals surface area contributed by atoms with Crippen molar-refractivity contribution in [2.75, 3.05) is 13.7 Å². The second-order valence-corrected chi connectivity index (χ2v) is 2.32. The molecule has 2 N–H and O–H groups in total. The zero-order valence-corrected chi connectivity index (χ0v) is 7.25. The Balaban J connectivity index is 3.05. The third-order valence-corrected chi connectivity index (χ3v) is 1.24. The Hall–Kier alpha value is -0.350. The van der Waals surface area contributed by atoms with Crippen LogP contribution in [0.3, 0.4) is 0 Å². The number of rotatable bonds is 4. The van der Waals surface area contributed by atoms with Crippen molar-refractivity contribution < 1.29 is 4.84 Å². The number of hydrogen-bond donors (Lipinski definition) is 2. The molecule has 0 heterocycles. The van der Waals surface area contributed by atoms with Gasteiger partial charge in [-0.15, -0.1) is 0 Å². The van der Waals surface area contributed by atoms with Gasteiger partial charge in [-0.3, -0.25) is 4.84 Å². The Labute approximate surface area is 67.1 Å². The van der Waals surface area contributed by atoms with Gasteiger partial charge in [-0.05, 0) is 18.6 Å². The van der Waals surface area contributed by atoms with Crippen LogP contribution in [-0.2, 0) is 4.84 Å². The Morgan fingerprint density at radius 1 is 1.60 bits per heavy atom. The van der Waals surface area contributed by atoms with Crippen molar-refractivity contribution in [3.63, 3.8) is 0 Å². The molecular weight excluding hydrogens is 148 g/mol. The third kappa shape index (κ3) is 5.78. The lowest BCUT2D eigenvalue weighted by molar-refractivity contribution is 0.143. The Morgan fingerprint density at radius 3 is 2.80 bits per heavy atom. The van der Waals surface area contributed by atoms with Crippen LogP contribution in [0.15, 0.2) is 0 Å². The van der Waals surface area contributed by atoms with Crippen LogP contribution in [0.4, 0.5) is 0 Å². The van der Waals surface area contributed by atoms with Gasteiger partial charge in [0.15, 0.2) is 5.11 Å². The lowest BCUT2D eigenvalue weighted by atomic mass is 10.3. The molecule has 0 saturated carbocycles. The minimum Gasteiger partial charge on any atom is -0.361 e. The zero-order chi connectivity index (χ0) is 7.82. The molecule has 0 unspecified atom stereocenters. The third-order valence-electron chi connectivity index (χ3n) is 1.01. The van der Waals surface area contributed by atoms with E-state index in [1.165, 1.54) is 13.5 Å². The summed E-state index contributed by atoms with van der Waals surface area (Å²) in [7, 11) is 1.54. The molecule has 0 bridgehead atoms. The molecule has 0 fully saturated rings. The van der Waals surface area contributed by atoms with Crippen LogP contribution in [0.2, 0.25) is 0 Å². The molecule has 0 spiro atoms. The first-order chi connectivity index (χ1) is 4.81. The van der Waals surface area contributed by atoms with Gasteiger partial charge in [-0.2, -0.15) is 0 Å². The van der Waals surface area contributed by atoms with Gasteiger partial charge in [-0.1, -0.05) is 13.3 Å². The standard InChI is InChI=1S/C6H14N2OS/c1-3-4-5-7-6(10)8-9-2/h3-5H2,1-2H3,(H2,7,8,10). The van der Waals surface area contributed by atoms with E-state index >= 15 is 0 Å². The fourth-order valence-corrected chi connectivity index (χ4v) is 0.693. The molecule has 10 heavy (non-hydrogen) atoms. The van der Waals surface area contributed by atoms with Gasteiger partial charge < -0.3 is 5.32 Å².